The topological polar surface area (TPSA) is 61.0 Å². The first-order valence-corrected chi connectivity index (χ1v) is 9.12. The van der Waals surface area contributed by atoms with Crippen LogP contribution >= 0.6 is 0 Å². The van der Waals surface area contributed by atoms with Crippen molar-refractivity contribution in [2.24, 2.45) is 0 Å². The van der Waals surface area contributed by atoms with Crippen molar-refractivity contribution in [3.8, 4) is 0 Å². The second-order valence-corrected chi connectivity index (χ2v) is 7.16. The summed E-state index contributed by atoms with van der Waals surface area (Å²) < 4.78 is 0. The van der Waals surface area contributed by atoms with Gasteiger partial charge < -0.3 is 5.32 Å². The van der Waals surface area contributed by atoms with Crippen LogP contribution in [0.25, 0.3) is 0 Å². The Labute approximate surface area is 149 Å². The number of amides is 1. The molecular weight excluding hydrogens is 312 g/mol. The van der Waals surface area contributed by atoms with Gasteiger partial charge in [0.1, 0.15) is 6.04 Å². The van der Waals surface area contributed by atoms with Crippen LogP contribution in [0.3, 0.4) is 0 Å². The van der Waals surface area contributed by atoms with E-state index in [1.807, 2.05) is 31.1 Å². The van der Waals surface area contributed by atoms with E-state index in [1.54, 1.807) is 0 Å². The number of hydrogen-bond donors (Lipinski definition) is 2. The SMILES string of the molecule is Cc1cccc([C@@H](C(=O)NCCc2n[nH]c3c2CCCC3)N(C)C)c1. The zero-order valence-electron chi connectivity index (χ0n) is 15.4. The van der Waals surface area contributed by atoms with E-state index < -0.39 is 0 Å². The number of nitrogens with zero attached hydrogens (tertiary/aromatic N) is 2. The fourth-order valence-electron chi connectivity index (χ4n) is 3.68. The quantitative estimate of drug-likeness (QED) is 0.849. The molecule has 1 aromatic heterocycles. The van der Waals surface area contributed by atoms with Crippen molar-refractivity contribution >= 4 is 5.91 Å². The summed E-state index contributed by atoms with van der Waals surface area (Å²) in [7, 11) is 3.88. The number of rotatable bonds is 6. The second-order valence-electron chi connectivity index (χ2n) is 7.16. The highest BCUT2D eigenvalue weighted by Crippen LogP contribution is 2.22. The summed E-state index contributed by atoms with van der Waals surface area (Å²) in [5.74, 6) is 0.0417. The lowest BCUT2D eigenvalue weighted by Crippen LogP contribution is -2.38. The van der Waals surface area contributed by atoms with E-state index in [2.05, 4.69) is 34.6 Å². The van der Waals surface area contributed by atoms with Gasteiger partial charge in [0.15, 0.2) is 0 Å². The summed E-state index contributed by atoms with van der Waals surface area (Å²) in [6, 6.07) is 7.88. The number of aromatic nitrogens is 2. The van der Waals surface area contributed by atoms with Gasteiger partial charge in [0.05, 0.1) is 5.69 Å². The fourth-order valence-corrected chi connectivity index (χ4v) is 3.68. The lowest BCUT2D eigenvalue weighted by molar-refractivity contribution is -0.125. The van der Waals surface area contributed by atoms with Gasteiger partial charge in [-0.1, -0.05) is 29.8 Å². The monoisotopic (exact) mass is 340 g/mol. The highest BCUT2D eigenvalue weighted by Gasteiger charge is 2.23. The molecule has 5 heteroatoms. The fraction of sp³-hybridized carbons (Fsp3) is 0.500. The van der Waals surface area contributed by atoms with Crippen molar-refractivity contribution in [3.05, 3.63) is 52.3 Å². The number of aryl methyl sites for hydroxylation is 2. The maximum absolute atomic E-state index is 12.7. The first-order valence-electron chi connectivity index (χ1n) is 9.12. The molecule has 1 aliphatic carbocycles. The van der Waals surface area contributed by atoms with Crippen molar-refractivity contribution in [1.29, 1.82) is 0 Å². The zero-order chi connectivity index (χ0) is 17.8. The number of carbonyl (C=O) groups excluding carboxylic acids is 1. The Morgan fingerprint density at radius 2 is 2.12 bits per heavy atom. The molecule has 1 heterocycles. The molecule has 0 radical (unpaired) electrons. The molecule has 0 saturated heterocycles. The van der Waals surface area contributed by atoms with E-state index in [-0.39, 0.29) is 11.9 Å². The van der Waals surface area contributed by atoms with Gasteiger partial charge in [-0.25, -0.2) is 0 Å². The van der Waals surface area contributed by atoms with Crippen molar-refractivity contribution in [2.75, 3.05) is 20.6 Å². The molecule has 0 unspecified atom stereocenters. The van der Waals surface area contributed by atoms with Crippen molar-refractivity contribution < 1.29 is 4.79 Å². The molecule has 2 aromatic rings. The van der Waals surface area contributed by atoms with Gasteiger partial charge in [0, 0.05) is 18.7 Å². The van der Waals surface area contributed by atoms with Crippen LogP contribution in [0, 0.1) is 6.92 Å². The van der Waals surface area contributed by atoms with Gasteiger partial charge >= 0.3 is 0 Å². The van der Waals surface area contributed by atoms with Crippen LogP contribution in [0.4, 0.5) is 0 Å². The van der Waals surface area contributed by atoms with E-state index >= 15 is 0 Å². The predicted molar refractivity (Wildman–Crippen MR) is 99.6 cm³/mol. The average molecular weight is 340 g/mol. The van der Waals surface area contributed by atoms with Crippen molar-refractivity contribution in [2.45, 2.75) is 45.1 Å². The van der Waals surface area contributed by atoms with Crippen LogP contribution in [0.5, 0.6) is 0 Å². The summed E-state index contributed by atoms with van der Waals surface area (Å²) in [5.41, 5.74) is 5.98. The molecule has 0 fully saturated rings. The lowest BCUT2D eigenvalue weighted by Gasteiger charge is -2.24. The average Bonchev–Trinajstić information content (AvgIpc) is 2.98. The Balaban J connectivity index is 1.61. The molecule has 0 aliphatic heterocycles. The summed E-state index contributed by atoms with van der Waals surface area (Å²) >= 11 is 0. The number of H-pyrrole nitrogens is 1. The minimum absolute atomic E-state index is 0.0417. The Kier molecular flexibility index (Phi) is 5.53. The minimum atomic E-state index is -0.270. The second kappa shape index (κ2) is 7.83. The van der Waals surface area contributed by atoms with Gasteiger partial charge in [-0.05, 0) is 57.8 Å². The van der Waals surface area contributed by atoms with Gasteiger partial charge in [0.2, 0.25) is 5.91 Å². The minimum Gasteiger partial charge on any atom is -0.354 e. The van der Waals surface area contributed by atoms with E-state index in [0.29, 0.717) is 6.54 Å². The molecular formula is C20H28N4O. The van der Waals surface area contributed by atoms with Crippen LogP contribution in [-0.4, -0.2) is 41.6 Å². The Morgan fingerprint density at radius 3 is 2.88 bits per heavy atom. The normalized spacial score (nSPS) is 15.0. The van der Waals surface area contributed by atoms with E-state index in [9.17, 15) is 4.79 Å². The Morgan fingerprint density at radius 1 is 1.32 bits per heavy atom. The number of carbonyl (C=O) groups is 1. The number of aromatic amines is 1. The smallest absolute Gasteiger partial charge is 0.241 e. The van der Waals surface area contributed by atoms with Crippen LogP contribution in [0.15, 0.2) is 24.3 Å². The summed E-state index contributed by atoms with van der Waals surface area (Å²) in [6.45, 7) is 2.67. The number of nitrogens with one attached hydrogen (secondary N) is 2. The number of fused-ring (bicyclic) bond motifs is 1. The lowest BCUT2D eigenvalue weighted by atomic mass is 9.95. The third-order valence-electron chi connectivity index (χ3n) is 4.93. The predicted octanol–water partition coefficient (Wildman–Crippen LogP) is 2.56. The van der Waals surface area contributed by atoms with Gasteiger partial charge in [-0.2, -0.15) is 5.10 Å². The van der Waals surface area contributed by atoms with E-state index in [0.717, 1.165) is 30.5 Å². The Hall–Kier alpha value is -2.14. The first kappa shape index (κ1) is 17.7. The molecule has 1 aliphatic rings. The molecule has 1 amide bonds. The third kappa shape index (κ3) is 4.10. The summed E-state index contributed by atoms with van der Waals surface area (Å²) in [5, 5.41) is 10.7. The number of likely N-dealkylation sites (N-methyl/N-ethyl adjacent to an activating group) is 1. The summed E-state index contributed by atoms with van der Waals surface area (Å²) in [4.78, 5) is 14.7. The van der Waals surface area contributed by atoms with Gasteiger partial charge in [0.25, 0.3) is 0 Å². The molecule has 5 nitrogen and oxygen atoms in total. The molecule has 2 N–H and O–H groups in total. The van der Waals surface area contributed by atoms with Gasteiger partial charge in [-0.15, -0.1) is 0 Å². The molecule has 0 bridgehead atoms. The zero-order valence-corrected chi connectivity index (χ0v) is 15.4. The van der Waals surface area contributed by atoms with Gasteiger partial charge in [-0.3, -0.25) is 14.8 Å². The highest BCUT2D eigenvalue weighted by atomic mass is 16.2. The van der Waals surface area contributed by atoms with Crippen molar-refractivity contribution in [1.82, 2.24) is 20.4 Å². The number of benzene rings is 1. The highest BCUT2D eigenvalue weighted by molar-refractivity contribution is 5.83. The largest absolute Gasteiger partial charge is 0.354 e. The maximum Gasteiger partial charge on any atom is 0.241 e. The van der Waals surface area contributed by atoms with Crippen molar-refractivity contribution in [3.63, 3.8) is 0 Å². The molecule has 1 aromatic carbocycles. The van der Waals surface area contributed by atoms with Crippen LogP contribution in [0.1, 0.15) is 47.0 Å². The molecule has 0 saturated carbocycles. The Bertz CT molecular complexity index is 735. The third-order valence-corrected chi connectivity index (χ3v) is 4.93. The standard InChI is InChI=1S/C20H28N4O/c1-14-7-6-8-15(13-14)19(24(2)3)20(25)21-12-11-18-16-9-4-5-10-17(16)22-23-18/h6-8,13,19H,4-5,9-12H2,1-3H3,(H,21,25)(H,22,23)/t19-/m0/s1. The van der Waals surface area contributed by atoms with E-state index in [1.165, 1.54) is 29.7 Å². The van der Waals surface area contributed by atoms with Crippen LogP contribution < -0.4 is 5.32 Å². The summed E-state index contributed by atoms with van der Waals surface area (Å²) in [6.07, 6.45) is 5.48. The molecule has 0 spiro atoms. The van der Waals surface area contributed by atoms with Crippen LogP contribution in [0.2, 0.25) is 0 Å². The molecule has 1 atom stereocenters. The maximum atomic E-state index is 12.7. The molecule has 3 rings (SSSR count). The first-order chi connectivity index (χ1) is 12.1. The van der Waals surface area contributed by atoms with Crippen LogP contribution in [-0.2, 0) is 24.1 Å². The number of hydrogen-bond acceptors (Lipinski definition) is 3. The molecule has 25 heavy (non-hydrogen) atoms. The molecule has 134 valence electrons. The van der Waals surface area contributed by atoms with E-state index in [4.69, 9.17) is 0 Å².